The Balaban J connectivity index is 2.15. The summed E-state index contributed by atoms with van der Waals surface area (Å²) in [7, 11) is 1.81. The van der Waals surface area contributed by atoms with E-state index < -0.39 is 0 Å². The molecule has 0 atom stereocenters. The first-order valence-corrected chi connectivity index (χ1v) is 4.11. The van der Waals surface area contributed by atoms with E-state index in [9.17, 15) is 0 Å². The molecule has 1 saturated carbocycles. The van der Waals surface area contributed by atoms with E-state index in [0.29, 0.717) is 6.79 Å². The summed E-state index contributed by atoms with van der Waals surface area (Å²) in [5.41, 5.74) is 1.09. The SMILES string of the molecule is CN=C1CCCCC12OCO2. The summed E-state index contributed by atoms with van der Waals surface area (Å²) in [4.78, 5) is 4.19. The summed E-state index contributed by atoms with van der Waals surface area (Å²) in [6, 6.07) is 0. The van der Waals surface area contributed by atoms with E-state index in [1.54, 1.807) is 0 Å². The number of ether oxygens (including phenoxy) is 2. The Hall–Kier alpha value is -0.410. The van der Waals surface area contributed by atoms with Gasteiger partial charge in [-0.3, -0.25) is 4.99 Å². The Morgan fingerprint density at radius 2 is 2.18 bits per heavy atom. The maximum absolute atomic E-state index is 5.41. The lowest BCUT2D eigenvalue weighted by atomic mass is 9.91. The van der Waals surface area contributed by atoms with E-state index in [2.05, 4.69) is 4.99 Å². The van der Waals surface area contributed by atoms with Crippen molar-refractivity contribution in [1.82, 2.24) is 0 Å². The highest BCUT2D eigenvalue weighted by atomic mass is 16.9. The second-order valence-electron chi connectivity index (χ2n) is 3.04. The third-order valence-electron chi connectivity index (χ3n) is 2.46. The molecule has 3 heteroatoms. The molecule has 1 saturated heterocycles. The van der Waals surface area contributed by atoms with Gasteiger partial charge in [0.15, 0.2) is 6.79 Å². The molecule has 62 valence electrons. The van der Waals surface area contributed by atoms with Crippen LogP contribution in [0.2, 0.25) is 0 Å². The average molecular weight is 155 g/mol. The van der Waals surface area contributed by atoms with Crippen molar-refractivity contribution in [2.45, 2.75) is 31.5 Å². The number of nitrogens with zero attached hydrogens (tertiary/aromatic N) is 1. The first-order valence-electron chi connectivity index (χ1n) is 4.11. The van der Waals surface area contributed by atoms with Gasteiger partial charge in [-0.1, -0.05) is 0 Å². The van der Waals surface area contributed by atoms with Crippen LogP contribution in [0, 0.1) is 0 Å². The molecule has 0 amide bonds. The number of aliphatic imine (C=N–C) groups is 1. The number of hydrogen-bond donors (Lipinski definition) is 0. The van der Waals surface area contributed by atoms with Crippen molar-refractivity contribution in [2.75, 3.05) is 13.8 Å². The highest BCUT2D eigenvalue weighted by Gasteiger charge is 2.45. The van der Waals surface area contributed by atoms with Crippen LogP contribution in [0.1, 0.15) is 25.7 Å². The van der Waals surface area contributed by atoms with Crippen molar-refractivity contribution in [2.24, 2.45) is 4.99 Å². The minimum absolute atomic E-state index is 0.382. The zero-order valence-corrected chi connectivity index (χ0v) is 6.80. The fraction of sp³-hybridized carbons (Fsp3) is 0.875. The Morgan fingerprint density at radius 3 is 2.64 bits per heavy atom. The van der Waals surface area contributed by atoms with Crippen molar-refractivity contribution in [3.63, 3.8) is 0 Å². The van der Waals surface area contributed by atoms with Crippen molar-refractivity contribution in [3.05, 3.63) is 0 Å². The molecule has 0 aromatic rings. The molecular formula is C8H13NO2. The van der Waals surface area contributed by atoms with Crippen molar-refractivity contribution in [1.29, 1.82) is 0 Å². The molecule has 1 aliphatic carbocycles. The minimum atomic E-state index is -0.382. The molecule has 2 fully saturated rings. The van der Waals surface area contributed by atoms with Gasteiger partial charge in [-0.2, -0.15) is 0 Å². The standard InChI is InChI=1S/C8H13NO2/c1-9-7-4-2-3-5-8(7)10-6-11-8/h2-6H2,1H3. The molecule has 0 aromatic heterocycles. The molecule has 0 N–H and O–H groups in total. The molecule has 2 aliphatic rings. The topological polar surface area (TPSA) is 30.8 Å². The summed E-state index contributed by atoms with van der Waals surface area (Å²) >= 11 is 0. The van der Waals surface area contributed by atoms with Crippen LogP contribution in [0.3, 0.4) is 0 Å². The molecule has 11 heavy (non-hydrogen) atoms. The Bertz CT molecular complexity index is 185. The van der Waals surface area contributed by atoms with Crippen molar-refractivity contribution in [3.8, 4) is 0 Å². The van der Waals surface area contributed by atoms with Gasteiger partial charge in [0.1, 0.15) is 0 Å². The zero-order chi connectivity index (χ0) is 7.73. The Kier molecular flexibility index (Phi) is 1.69. The largest absolute Gasteiger partial charge is 0.318 e. The van der Waals surface area contributed by atoms with Gasteiger partial charge in [-0.05, 0) is 19.3 Å². The number of rotatable bonds is 0. The Labute approximate surface area is 66.4 Å². The van der Waals surface area contributed by atoms with E-state index in [4.69, 9.17) is 9.47 Å². The first kappa shape index (κ1) is 7.25. The van der Waals surface area contributed by atoms with Gasteiger partial charge >= 0.3 is 0 Å². The summed E-state index contributed by atoms with van der Waals surface area (Å²) in [5.74, 6) is -0.382. The molecule has 0 radical (unpaired) electrons. The van der Waals surface area contributed by atoms with E-state index in [1.165, 1.54) is 12.8 Å². The van der Waals surface area contributed by atoms with Gasteiger partial charge in [-0.25, -0.2) is 0 Å². The lowest BCUT2D eigenvalue weighted by molar-refractivity contribution is -0.364. The fourth-order valence-electron chi connectivity index (χ4n) is 1.78. The molecular weight excluding hydrogens is 142 g/mol. The highest BCUT2D eigenvalue weighted by Crippen LogP contribution is 2.36. The molecule has 1 spiro atoms. The number of hydrogen-bond acceptors (Lipinski definition) is 3. The maximum atomic E-state index is 5.41. The van der Waals surface area contributed by atoms with E-state index in [1.807, 2.05) is 7.05 Å². The van der Waals surface area contributed by atoms with Crippen LogP contribution in [0.25, 0.3) is 0 Å². The van der Waals surface area contributed by atoms with E-state index in [-0.39, 0.29) is 5.79 Å². The van der Waals surface area contributed by atoms with Gasteiger partial charge in [-0.15, -0.1) is 0 Å². The summed E-state index contributed by atoms with van der Waals surface area (Å²) in [6.45, 7) is 0.443. The normalized spacial score (nSPS) is 32.3. The highest BCUT2D eigenvalue weighted by molar-refractivity contribution is 5.92. The summed E-state index contributed by atoms with van der Waals surface area (Å²) in [5, 5.41) is 0. The maximum Gasteiger partial charge on any atom is 0.212 e. The van der Waals surface area contributed by atoms with Gasteiger partial charge in [0.2, 0.25) is 5.79 Å². The predicted octanol–water partition coefficient (Wildman–Crippen LogP) is 1.33. The van der Waals surface area contributed by atoms with Crippen LogP contribution in [-0.2, 0) is 9.47 Å². The third kappa shape index (κ3) is 0.993. The molecule has 0 unspecified atom stereocenters. The first-order chi connectivity index (χ1) is 5.37. The summed E-state index contributed by atoms with van der Waals surface area (Å²) in [6.07, 6.45) is 4.44. The van der Waals surface area contributed by atoms with Crippen molar-refractivity contribution >= 4 is 5.71 Å². The molecule has 0 bridgehead atoms. The van der Waals surface area contributed by atoms with Crippen LogP contribution >= 0.6 is 0 Å². The van der Waals surface area contributed by atoms with Gasteiger partial charge in [0, 0.05) is 13.5 Å². The van der Waals surface area contributed by atoms with Gasteiger partial charge < -0.3 is 9.47 Å². The van der Waals surface area contributed by atoms with E-state index >= 15 is 0 Å². The van der Waals surface area contributed by atoms with Crippen LogP contribution in [0.5, 0.6) is 0 Å². The van der Waals surface area contributed by atoms with Gasteiger partial charge in [0.25, 0.3) is 0 Å². The van der Waals surface area contributed by atoms with Crippen LogP contribution < -0.4 is 0 Å². The zero-order valence-electron chi connectivity index (χ0n) is 6.80. The average Bonchev–Trinajstić information content (AvgIpc) is 2.01. The smallest absolute Gasteiger partial charge is 0.212 e. The van der Waals surface area contributed by atoms with Crippen LogP contribution in [0.4, 0.5) is 0 Å². The second kappa shape index (κ2) is 2.57. The lowest BCUT2D eigenvalue weighted by Gasteiger charge is -2.44. The third-order valence-corrected chi connectivity index (χ3v) is 2.46. The minimum Gasteiger partial charge on any atom is -0.318 e. The molecule has 2 rings (SSSR count). The van der Waals surface area contributed by atoms with Crippen LogP contribution in [0.15, 0.2) is 4.99 Å². The summed E-state index contributed by atoms with van der Waals surface area (Å²) < 4.78 is 10.8. The molecule has 1 aliphatic heterocycles. The van der Waals surface area contributed by atoms with Crippen molar-refractivity contribution < 1.29 is 9.47 Å². The predicted molar refractivity (Wildman–Crippen MR) is 41.6 cm³/mol. The fourth-order valence-corrected chi connectivity index (χ4v) is 1.78. The molecule has 3 nitrogen and oxygen atoms in total. The molecule has 1 heterocycles. The Morgan fingerprint density at radius 1 is 1.36 bits per heavy atom. The van der Waals surface area contributed by atoms with E-state index in [0.717, 1.165) is 18.6 Å². The quantitative estimate of drug-likeness (QED) is 0.528. The monoisotopic (exact) mass is 155 g/mol. The molecule has 0 aromatic carbocycles. The second-order valence-corrected chi connectivity index (χ2v) is 3.04. The lowest BCUT2D eigenvalue weighted by Crippen LogP contribution is -2.54. The van der Waals surface area contributed by atoms with Crippen LogP contribution in [-0.4, -0.2) is 25.3 Å². The van der Waals surface area contributed by atoms with Gasteiger partial charge in [0.05, 0.1) is 5.71 Å².